The third-order valence-electron chi connectivity index (χ3n) is 0.133. The third kappa shape index (κ3) is 9.83. The van der Waals surface area contributed by atoms with Gasteiger partial charge in [-0.1, -0.05) is 0 Å². The maximum absolute atomic E-state index is 9.43. The van der Waals surface area contributed by atoms with E-state index in [0.717, 1.165) is 0 Å². The van der Waals surface area contributed by atoms with Crippen molar-refractivity contribution in [1.82, 2.24) is 0 Å². The molecule has 0 saturated carbocycles. The quantitative estimate of drug-likeness (QED) is 0.526. The summed E-state index contributed by atoms with van der Waals surface area (Å²) in [6.07, 6.45) is 0. The van der Waals surface area contributed by atoms with Crippen molar-refractivity contribution in [3.8, 4) is 0 Å². The average Bonchev–Trinajstić information content (AvgIpc) is 1.27. The molecular weight excluding hydrogens is 222 g/mol. The van der Waals surface area contributed by atoms with Gasteiger partial charge in [-0.3, -0.25) is 0 Å². The Hall–Kier alpha value is 0.669. The van der Waals surface area contributed by atoms with Gasteiger partial charge in [-0.25, -0.2) is 18.3 Å². The van der Waals surface area contributed by atoms with E-state index in [-0.39, 0.29) is 28.1 Å². The second kappa shape index (κ2) is 5.80. The molecule has 0 bridgehead atoms. The van der Waals surface area contributed by atoms with Crippen molar-refractivity contribution in [2.24, 2.45) is 0 Å². The van der Waals surface area contributed by atoms with Gasteiger partial charge in [0.1, 0.15) is 11.0 Å². The van der Waals surface area contributed by atoms with E-state index in [1.807, 2.05) is 0 Å². The second-order valence-corrected chi connectivity index (χ2v) is 5.34. The molecule has 0 heterocycles. The smallest absolute Gasteiger partial charge is 0.224 e. The van der Waals surface area contributed by atoms with Gasteiger partial charge in [-0.15, -0.1) is 0 Å². The standard InChI is InChI=1S/Cu.O4P2S/c;1-5(2)7-6(3)4. The van der Waals surface area contributed by atoms with Crippen LogP contribution < -0.4 is 0 Å². The molecule has 0 amide bonds. The first-order valence-corrected chi connectivity index (χ1v) is 5.48. The molecule has 0 aliphatic carbocycles. The topological polar surface area (TPSA) is 68.3 Å². The SMILES string of the molecule is O=P(=O)SP(=O)=O.[Cu]. The Bertz CT molecular complexity index is 142. The fourth-order valence-corrected chi connectivity index (χ4v) is 1.47. The molecule has 8 heteroatoms. The Balaban J connectivity index is 0. The van der Waals surface area contributed by atoms with Crippen LogP contribution in [0, 0.1) is 0 Å². The molecule has 1 radical (unpaired) electrons. The molecule has 0 aliphatic heterocycles. The Kier molecular flexibility index (Phi) is 8.31. The fraction of sp³-hybridized carbons (Fsp3) is 0. The molecule has 0 aliphatic rings. The molecule has 0 N–H and O–H groups in total. The first-order chi connectivity index (χ1) is 3.13. The molecule has 0 aromatic heterocycles. The largest absolute Gasteiger partial charge is 0.392 e. The van der Waals surface area contributed by atoms with Crippen molar-refractivity contribution < 1.29 is 35.3 Å². The van der Waals surface area contributed by atoms with Gasteiger partial charge in [-0.2, -0.15) is 0 Å². The van der Waals surface area contributed by atoms with Gasteiger partial charge < -0.3 is 0 Å². The van der Waals surface area contributed by atoms with Gasteiger partial charge in [0.15, 0.2) is 0 Å². The van der Waals surface area contributed by atoms with Crippen LogP contribution in [0.4, 0.5) is 0 Å². The first-order valence-electron chi connectivity index (χ1n) is 1.10. The fourth-order valence-electron chi connectivity index (χ4n) is 0.0544. The zero-order valence-electron chi connectivity index (χ0n) is 3.24. The molecule has 0 atom stereocenters. The van der Waals surface area contributed by atoms with E-state index in [2.05, 4.69) is 0 Å². The van der Waals surface area contributed by atoms with E-state index >= 15 is 0 Å². The van der Waals surface area contributed by atoms with Crippen molar-refractivity contribution >= 4 is 24.8 Å². The summed E-state index contributed by atoms with van der Waals surface area (Å²) >= 11 is -0.0833. The first kappa shape index (κ1) is 11.5. The van der Waals surface area contributed by atoms with Gasteiger partial charge >= 0.3 is 13.8 Å². The van der Waals surface area contributed by atoms with Gasteiger partial charge in [0.25, 0.3) is 0 Å². The van der Waals surface area contributed by atoms with Crippen LogP contribution in [0.15, 0.2) is 0 Å². The van der Waals surface area contributed by atoms with E-state index in [1.54, 1.807) is 0 Å². The van der Waals surface area contributed by atoms with Gasteiger partial charge in [-0.05, 0) is 0 Å². The van der Waals surface area contributed by atoms with Gasteiger partial charge in [0, 0.05) is 17.1 Å². The van der Waals surface area contributed by atoms with Crippen LogP contribution in [0.1, 0.15) is 0 Å². The summed E-state index contributed by atoms with van der Waals surface area (Å²) < 4.78 is 37.7. The van der Waals surface area contributed by atoms with Crippen LogP contribution in [0.3, 0.4) is 0 Å². The van der Waals surface area contributed by atoms with E-state index in [0.29, 0.717) is 0 Å². The van der Waals surface area contributed by atoms with E-state index < -0.39 is 13.8 Å². The van der Waals surface area contributed by atoms with Crippen LogP contribution in [-0.4, -0.2) is 0 Å². The molecule has 4 nitrogen and oxygen atoms in total. The molecular formula is CuO4P2S. The minimum Gasteiger partial charge on any atom is -0.224 e. The summed E-state index contributed by atoms with van der Waals surface area (Å²) in [5.41, 5.74) is 0. The Morgan fingerprint density at radius 2 is 1.12 bits per heavy atom. The molecule has 0 aromatic rings. The zero-order chi connectivity index (χ0) is 5.86. The molecule has 0 rings (SSSR count). The van der Waals surface area contributed by atoms with Crippen LogP contribution in [0.2, 0.25) is 0 Å². The summed E-state index contributed by atoms with van der Waals surface area (Å²) in [7, 11) is 0. The minimum absolute atomic E-state index is 0. The Morgan fingerprint density at radius 1 is 0.875 bits per heavy atom. The van der Waals surface area contributed by atoms with Crippen molar-refractivity contribution in [2.75, 3.05) is 0 Å². The van der Waals surface area contributed by atoms with Gasteiger partial charge in [0.05, 0.1) is 0 Å². The van der Waals surface area contributed by atoms with E-state index in [1.165, 1.54) is 0 Å². The predicted octanol–water partition coefficient (Wildman–Crippen LogP) is 1.89. The van der Waals surface area contributed by atoms with Crippen LogP contribution >= 0.6 is 24.8 Å². The second-order valence-electron chi connectivity index (χ2n) is 0.529. The molecule has 0 aromatic carbocycles. The molecule has 51 valence electrons. The van der Waals surface area contributed by atoms with E-state index in [9.17, 15) is 18.3 Å². The molecule has 0 unspecified atom stereocenters. The maximum atomic E-state index is 9.43. The normalized spacial score (nSPS) is 7.00. The van der Waals surface area contributed by atoms with Crippen molar-refractivity contribution in [1.29, 1.82) is 0 Å². The number of hydrogen-bond donors (Lipinski definition) is 0. The number of hydrogen-bond acceptors (Lipinski definition) is 5. The van der Waals surface area contributed by atoms with E-state index in [4.69, 9.17) is 0 Å². The molecule has 0 saturated heterocycles. The monoisotopic (exact) mass is 221 g/mol. The minimum atomic E-state index is -2.82. The summed E-state index contributed by atoms with van der Waals surface area (Å²) in [6, 6.07) is 0. The Labute approximate surface area is 60.4 Å². The van der Waals surface area contributed by atoms with Crippen LogP contribution in [0.25, 0.3) is 0 Å². The third-order valence-corrected chi connectivity index (χ3v) is 3.60. The van der Waals surface area contributed by atoms with Gasteiger partial charge in [0.2, 0.25) is 0 Å². The van der Waals surface area contributed by atoms with Crippen molar-refractivity contribution in [3.05, 3.63) is 0 Å². The summed E-state index contributed by atoms with van der Waals surface area (Å²) in [5, 5.41) is 0. The van der Waals surface area contributed by atoms with Crippen LogP contribution in [0.5, 0.6) is 0 Å². The molecule has 0 spiro atoms. The summed E-state index contributed by atoms with van der Waals surface area (Å²) in [6.45, 7) is -5.64. The Morgan fingerprint density at radius 3 is 1.12 bits per heavy atom. The van der Waals surface area contributed by atoms with Crippen molar-refractivity contribution in [3.63, 3.8) is 0 Å². The van der Waals surface area contributed by atoms with Crippen molar-refractivity contribution in [2.45, 2.75) is 0 Å². The molecule has 0 fully saturated rings. The maximum Gasteiger partial charge on any atom is 0.392 e. The summed E-state index contributed by atoms with van der Waals surface area (Å²) in [4.78, 5) is 0. The number of rotatable bonds is 2. The average molecular weight is 222 g/mol. The molecule has 8 heavy (non-hydrogen) atoms. The summed E-state index contributed by atoms with van der Waals surface area (Å²) in [5.74, 6) is 0. The van der Waals surface area contributed by atoms with Crippen LogP contribution in [-0.2, 0) is 35.3 Å². The predicted molar refractivity (Wildman–Crippen MR) is 24.2 cm³/mol. The zero-order valence-corrected chi connectivity index (χ0v) is 6.78.